The van der Waals surface area contributed by atoms with Crippen LogP contribution in [-0.2, 0) is 9.63 Å². The number of ketones is 1. The van der Waals surface area contributed by atoms with Gasteiger partial charge in [-0.2, -0.15) is 35.4 Å². The van der Waals surface area contributed by atoms with Crippen LogP contribution >= 0.6 is 12.4 Å². The first kappa shape index (κ1) is 63.8. The summed E-state index contributed by atoms with van der Waals surface area (Å²) >= 11 is 0. The molecule has 6 nitrogen and oxygen atoms in total. The number of halogens is 1. The maximum Gasteiger partial charge on any atom is 2.00 e. The van der Waals surface area contributed by atoms with Crippen molar-refractivity contribution in [2.75, 3.05) is 14.2 Å². The predicted octanol–water partition coefficient (Wildman–Crippen LogP) is 15.5. The first-order chi connectivity index (χ1) is 31.0. The zero-order chi connectivity index (χ0) is 47.8. The van der Waals surface area contributed by atoms with Gasteiger partial charge < -0.3 is 11.6 Å². The molecule has 8 heteroatoms. The number of aliphatic hydroxyl groups is 2. The van der Waals surface area contributed by atoms with Crippen molar-refractivity contribution < 1.29 is 26.1 Å². The van der Waals surface area contributed by atoms with E-state index < -0.39 is 11.2 Å². The number of amides is 1. The maximum absolute atomic E-state index is 13.7. The third-order valence-electron chi connectivity index (χ3n) is 22.2. The van der Waals surface area contributed by atoms with Gasteiger partial charge in [0.25, 0.3) is 0 Å². The molecule has 0 aliphatic heterocycles. The number of carbonyl (C=O) groups is 2. The Kier molecular flexibility index (Phi) is 21.4. The van der Waals surface area contributed by atoms with Gasteiger partial charge in [0.15, 0.2) is 5.78 Å². The van der Waals surface area contributed by atoms with Crippen LogP contribution in [0.3, 0.4) is 0 Å². The van der Waals surface area contributed by atoms with Crippen LogP contribution in [0.15, 0.2) is 36.4 Å². The SMILES string of the molecule is C.C.C.CON(C)C(=O)[C@H]1CC[C@H]2[C@@H]3CC[C@@H]4C[C@](C)(O)CC[C@]4(C)[C@H]3CC[C@]12C.Cc1c[c-]ccc1C.Cc1ccc(C(=O)[C@H]2CC[C@H]3[C@@H]4CC[C@@H]5C[C@](C)(O)CC[C@]5(C)[C@H]4CC[C@]23C)cc1C.Cl.[H-].[Mg+2]. The second kappa shape index (κ2) is 23.8. The van der Waals surface area contributed by atoms with Crippen LogP contribution < -0.4 is 0 Å². The van der Waals surface area contributed by atoms with Crippen molar-refractivity contribution in [2.24, 2.45) is 80.8 Å². The quantitative estimate of drug-likeness (QED) is 0.138. The largest absolute Gasteiger partial charge is 2.00 e. The standard InChI is InChI=1S/C29H42O2.C23H39NO3.C8H9.3CH4.ClH.Mg.H/c1-18-6-7-20(16-19(18)2)26(30)25-11-10-23-22-9-8-21-17-27(3,31)14-15-28(21,4)24(22)12-13-29(23,25)5;1-21(26)12-13-22(2)15(14-21)6-7-16-17-8-9-19(20(25)24(4)27-5)23(17,3)11-10-18(16)22;1-7-5-3-4-6-8(7)2;;;;;;/h6-7,16,21-25,31H,8-15,17H2,1-5H3;15-19,26H,6-14H2,1-5H3;3,5-6H,1-2H3;3*1H4;1H;;/q;;-1;;;;;+2;-1/t21-,22+,23+,24+,25-,27-,28+,29+;15-,16+,17+,18+,19-,21-,22+,23+;;;;;;;/m11......./s1. The molecule has 0 aromatic heterocycles. The molecule has 10 rings (SSSR count). The second-order valence-electron chi connectivity index (χ2n) is 25.8. The molecule has 400 valence electrons. The molecule has 8 fully saturated rings. The summed E-state index contributed by atoms with van der Waals surface area (Å²) in [6.45, 7) is 22.5. The molecule has 8 aliphatic rings. The van der Waals surface area contributed by atoms with E-state index in [-0.39, 0.29) is 87.7 Å². The van der Waals surface area contributed by atoms with E-state index in [2.05, 4.69) is 92.6 Å². The number of hydrogen-bond donors (Lipinski definition) is 2. The van der Waals surface area contributed by atoms with Gasteiger partial charge in [0.2, 0.25) is 5.91 Å². The first-order valence-corrected chi connectivity index (χ1v) is 26.8. The van der Waals surface area contributed by atoms with E-state index >= 15 is 0 Å². The van der Waals surface area contributed by atoms with Crippen LogP contribution in [0.4, 0.5) is 0 Å². The summed E-state index contributed by atoms with van der Waals surface area (Å²) in [7, 11) is 3.34. The van der Waals surface area contributed by atoms with Crippen LogP contribution in [0.1, 0.15) is 213 Å². The van der Waals surface area contributed by atoms with E-state index in [9.17, 15) is 19.8 Å². The minimum Gasteiger partial charge on any atom is -1.00 e. The third kappa shape index (κ3) is 11.8. The fourth-order valence-corrected chi connectivity index (χ4v) is 17.7. The number of nitrogens with zero attached hydrogens (tertiary/aromatic N) is 1. The zero-order valence-corrected chi connectivity index (χ0v) is 46.9. The number of aryl methyl sites for hydroxylation is 4. The van der Waals surface area contributed by atoms with E-state index in [1.165, 1.54) is 104 Å². The number of hydroxylamine groups is 2. The van der Waals surface area contributed by atoms with Crippen molar-refractivity contribution in [1.29, 1.82) is 0 Å². The topological polar surface area (TPSA) is 87.1 Å². The predicted molar refractivity (Wildman–Crippen MR) is 301 cm³/mol. The fourth-order valence-electron chi connectivity index (χ4n) is 17.7. The van der Waals surface area contributed by atoms with Crippen LogP contribution in [0.25, 0.3) is 0 Å². The molecule has 0 saturated heterocycles. The third-order valence-corrected chi connectivity index (χ3v) is 22.2. The molecule has 16 atom stereocenters. The number of rotatable bonds is 4. The average molecular weight is 1020 g/mol. The number of Topliss-reactive ketones (excluding diaryl/α,β-unsaturated/α-hetero) is 1. The minimum atomic E-state index is -0.462. The Morgan fingerprint density at radius 2 is 1.04 bits per heavy atom. The van der Waals surface area contributed by atoms with E-state index in [1.54, 1.807) is 14.2 Å². The van der Waals surface area contributed by atoms with E-state index in [4.69, 9.17) is 4.84 Å². The molecule has 0 unspecified atom stereocenters. The number of benzene rings is 2. The van der Waals surface area contributed by atoms with Gasteiger partial charge in [0.1, 0.15) is 0 Å². The summed E-state index contributed by atoms with van der Waals surface area (Å²) in [4.78, 5) is 31.8. The smallest absolute Gasteiger partial charge is 1.00 e. The molecular weight excluding hydrogens is 910 g/mol. The Morgan fingerprint density at radius 3 is 1.48 bits per heavy atom. The van der Waals surface area contributed by atoms with Crippen molar-refractivity contribution in [3.05, 3.63) is 70.3 Å². The van der Waals surface area contributed by atoms with Crippen LogP contribution in [-0.4, -0.2) is 75.4 Å². The summed E-state index contributed by atoms with van der Waals surface area (Å²) < 4.78 is 0. The second-order valence-corrected chi connectivity index (χ2v) is 25.8. The summed E-state index contributed by atoms with van der Waals surface area (Å²) in [5.41, 5.74) is 6.24. The molecule has 2 N–H and O–H groups in total. The van der Waals surface area contributed by atoms with E-state index in [1.807, 2.05) is 19.1 Å². The van der Waals surface area contributed by atoms with Gasteiger partial charge in [-0.1, -0.05) is 76.0 Å². The molecule has 71 heavy (non-hydrogen) atoms. The van der Waals surface area contributed by atoms with Crippen LogP contribution in [0.5, 0.6) is 0 Å². The molecular formula is C63H104ClMgNO5. The molecule has 8 aliphatic carbocycles. The van der Waals surface area contributed by atoms with Crippen LogP contribution in [0.2, 0.25) is 0 Å². The first-order valence-electron chi connectivity index (χ1n) is 26.8. The monoisotopic (exact) mass is 1010 g/mol. The molecule has 1 amide bonds. The van der Waals surface area contributed by atoms with Crippen molar-refractivity contribution >= 4 is 47.2 Å². The van der Waals surface area contributed by atoms with Crippen molar-refractivity contribution in [1.82, 2.24) is 5.06 Å². The summed E-state index contributed by atoms with van der Waals surface area (Å²) in [6, 6.07) is 15.3. The Bertz CT molecular complexity index is 2090. The summed E-state index contributed by atoms with van der Waals surface area (Å²) in [5.74, 6) is 6.72. The molecule has 0 radical (unpaired) electrons. The number of fused-ring (bicyclic) bond motifs is 10. The molecule has 0 heterocycles. The summed E-state index contributed by atoms with van der Waals surface area (Å²) in [6.07, 6.45) is 20.8. The Balaban J connectivity index is 0.000000400. The minimum absolute atomic E-state index is 0. The molecule has 0 spiro atoms. The van der Waals surface area contributed by atoms with Crippen molar-refractivity contribution in [3.8, 4) is 0 Å². The number of carbonyl (C=O) groups excluding carboxylic acids is 2. The van der Waals surface area contributed by atoms with Gasteiger partial charge >= 0.3 is 23.1 Å². The van der Waals surface area contributed by atoms with Crippen molar-refractivity contribution in [2.45, 2.75) is 218 Å². The van der Waals surface area contributed by atoms with Gasteiger partial charge in [-0.25, -0.2) is 5.06 Å². The molecule has 8 saturated carbocycles. The molecule has 2 aromatic rings. The van der Waals surface area contributed by atoms with Gasteiger partial charge in [0.05, 0.1) is 18.3 Å². The zero-order valence-electron chi connectivity index (χ0n) is 45.6. The van der Waals surface area contributed by atoms with E-state index in [0.717, 1.165) is 67.8 Å². The van der Waals surface area contributed by atoms with Crippen LogP contribution in [0, 0.1) is 115 Å². The Hall–Kier alpha value is -1.48. The van der Waals surface area contributed by atoms with Gasteiger partial charge in [-0.05, 0) is 229 Å². The molecule has 0 bridgehead atoms. The summed E-state index contributed by atoms with van der Waals surface area (Å²) in [5, 5.41) is 22.8. The molecule has 2 aromatic carbocycles. The normalized spacial score (nSPS) is 41.2. The average Bonchev–Trinajstić information content (AvgIpc) is 3.82. The van der Waals surface area contributed by atoms with Gasteiger partial charge in [-0.15, -0.1) is 12.4 Å². The Labute approximate surface area is 459 Å². The maximum atomic E-state index is 13.7. The van der Waals surface area contributed by atoms with Gasteiger partial charge in [0, 0.05) is 24.4 Å². The van der Waals surface area contributed by atoms with Crippen molar-refractivity contribution in [3.63, 3.8) is 0 Å². The van der Waals surface area contributed by atoms with E-state index in [0.29, 0.717) is 40.3 Å². The fraction of sp³-hybridized carbons (Fsp3) is 0.778. The Morgan fingerprint density at radius 1 is 0.592 bits per heavy atom. The van der Waals surface area contributed by atoms with Gasteiger partial charge in [-0.3, -0.25) is 14.4 Å². The number of hydrogen-bond acceptors (Lipinski definition) is 5.